The molecule has 2 amide bonds. The lowest BCUT2D eigenvalue weighted by Gasteiger charge is -2.35. The van der Waals surface area contributed by atoms with E-state index in [1.54, 1.807) is 39.0 Å². The molecule has 1 aliphatic heterocycles. The van der Waals surface area contributed by atoms with Gasteiger partial charge in [0.25, 0.3) is 11.8 Å². The first-order valence-corrected chi connectivity index (χ1v) is 14.6. The number of hydrogen-bond acceptors (Lipinski definition) is 4. The van der Waals surface area contributed by atoms with E-state index in [9.17, 15) is 9.59 Å². The van der Waals surface area contributed by atoms with Gasteiger partial charge >= 0.3 is 7.62 Å². The Morgan fingerprint density at radius 2 is 1.62 bits per heavy atom. The molecule has 211 valence electrons. The van der Waals surface area contributed by atoms with E-state index in [1.807, 2.05) is 65.6 Å². The lowest BCUT2D eigenvalue weighted by atomic mass is 9.74. The molecule has 1 radical (unpaired) electrons. The number of nitrogens with one attached hydrogen (secondary N) is 2. The molecule has 42 heavy (non-hydrogen) atoms. The van der Waals surface area contributed by atoms with Gasteiger partial charge < -0.3 is 20.1 Å². The Labute approximate surface area is 248 Å². The van der Waals surface area contributed by atoms with Crippen molar-refractivity contribution in [3.05, 3.63) is 120 Å². The van der Waals surface area contributed by atoms with E-state index in [0.29, 0.717) is 29.4 Å². The van der Waals surface area contributed by atoms with E-state index < -0.39 is 0 Å². The van der Waals surface area contributed by atoms with E-state index in [-0.39, 0.29) is 17.2 Å². The summed E-state index contributed by atoms with van der Waals surface area (Å²) in [5.74, 6) is -0.219. The fraction of sp³-hybridized carbons (Fsp3) is 0.257. The Morgan fingerprint density at radius 3 is 2.43 bits per heavy atom. The molecule has 2 unspecified atom stereocenters. The highest BCUT2D eigenvalue weighted by Gasteiger charge is 2.45. The number of rotatable bonds is 7. The van der Waals surface area contributed by atoms with Gasteiger partial charge in [-0.15, -0.1) is 0 Å². The summed E-state index contributed by atoms with van der Waals surface area (Å²) in [7, 11) is 3.36. The van der Waals surface area contributed by atoms with Crippen LogP contribution in [0.2, 0.25) is 0 Å². The fourth-order valence-electron chi connectivity index (χ4n) is 6.72. The molecule has 2 N–H and O–H groups in total. The first kappa shape index (κ1) is 27.9. The number of fused-ring (bicyclic) bond motifs is 1. The van der Waals surface area contributed by atoms with Gasteiger partial charge in [0.2, 0.25) is 0 Å². The van der Waals surface area contributed by atoms with Crippen LogP contribution in [0, 0.1) is 5.41 Å². The lowest BCUT2D eigenvalue weighted by molar-refractivity contribution is 0.0982. The zero-order valence-corrected chi connectivity index (χ0v) is 23.9. The summed E-state index contributed by atoms with van der Waals surface area (Å²) in [5.41, 5.74) is 5.96. The van der Waals surface area contributed by atoms with E-state index in [1.165, 1.54) is 5.56 Å². The zero-order chi connectivity index (χ0) is 28.9. The fourth-order valence-corrected chi connectivity index (χ4v) is 6.72. The van der Waals surface area contributed by atoms with Crippen molar-refractivity contribution in [3.8, 4) is 11.1 Å². The molecular formula is C35H35BN3O3. The van der Waals surface area contributed by atoms with Crippen LogP contribution in [0.25, 0.3) is 11.1 Å². The molecule has 1 heterocycles. The van der Waals surface area contributed by atoms with Crippen molar-refractivity contribution >= 4 is 30.8 Å². The molecule has 0 bridgehead atoms. The summed E-state index contributed by atoms with van der Waals surface area (Å²) in [4.78, 5) is 29.1. The normalized spacial score (nSPS) is 19.6. The molecule has 0 saturated heterocycles. The van der Waals surface area contributed by atoms with Crippen LogP contribution in [0.4, 0.5) is 11.4 Å². The van der Waals surface area contributed by atoms with Gasteiger partial charge in [-0.3, -0.25) is 9.59 Å². The highest BCUT2D eigenvalue weighted by Crippen LogP contribution is 2.47. The van der Waals surface area contributed by atoms with Crippen LogP contribution in [-0.2, 0) is 11.1 Å². The van der Waals surface area contributed by atoms with Crippen molar-refractivity contribution in [2.24, 2.45) is 5.41 Å². The summed E-state index contributed by atoms with van der Waals surface area (Å²) >= 11 is 0. The van der Waals surface area contributed by atoms with Crippen molar-refractivity contribution in [1.29, 1.82) is 0 Å². The third-order valence-electron chi connectivity index (χ3n) is 8.84. The number of hydrogen-bond donors (Lipinski definition) is 2. The van der Waals surface area contributed by atoms with Crippen molar-refractivity contribution in [3.63, 3.8) is 0 Å². The predicted octanol–water partition coefficient (Wildman–Crippen LogP) is 6.51. The molecule has 4 aromatic carbocycles. The van der Waals surface area contributed by atoms with Crippen molar-refractivity contribution < 1.29 is 14.2 Å². The Bertz CT molecular complexity index is 1560. The number of para-hydroxylation sites is 1. The molecule has 0 aromatic heterocycles. The van der Waals surface area contributed by atoms with Gasteiger partial charge in [-0.1, -0.05) is 73.2 Å². The van der Waals surface area contributed by atoms with Crippen LogP contribution >= 0.6 is 0 Å². The molecule has 1 aliphatic carbocycles. The summed E-state index contributed by atoms with van der Waals surface area (Å²) in [6.07, 6.45) is 5.23. The van der Waals surface area contributed by atoms with Gasteiger partial charge in [0.15, 0.2) is 0 Å². The Balaban J connectivity index is 1.20. The summed E-state index contributed by atoms with van der Waals surface area (Å²) in [6, 6.07) is 33.3. The molecule has 2 aliphatic rings. The largest absolute Gasteiger partial charge is 0.427 e. The molecule has 7 heteroatoms. The van der Waals surface area contributed by atoms with Crippen LogP contribution < -0.4 is 15.4 Å². The number of benzene rings is 4. The maximum Gasteiger partial charge on any atom is 0.395 e. The average Bonchev–Trinajstić information content (AvgIpc) is 3.34. The second-order valence-corrected chi connectivity index (χ2v) is 11.3. The minimum Gasteiger partial charge on any atom is -0.427 e. The van der Waals surface area contributed by atoms with Crippen LogP contribution in [0.15, 0.2) is 103 Å². The van der Waals surface area contributed by atoms with E-state index in [0.717, 1.165) is 48.9 Å². The van der Waals surface area contributed by atoms with Crippen LogP contribution in [0.3, 0.4) is 0 Å². The standard InChI is InChI=1S/C35H35BN3O3/c1-42-36-38-32-16-9-21-35(32)22-23-39(31-15-8-5-12-27(31)24-35)34(41)26-17-19-28(20-18-26)37-33(40)30-14-7-6-13-29(30)25-10-3-2-4-11-25/h2-8,10-15,17-20,32,38H,9,16,21-24H2,1H3,(H,37,40). The molecule has 1 saturated carbocycles. The van der Waals surface area contributed by atoms with Gasteiger partial charge in [0.1, 0.15) is 0 Å². The first-order chi connectivity index (χ1) is 20.6. The van der Waals surface area contributed by atoms with Crippen LogP contribution in [0.1, 0.15) is 52.0 Å². The highest BCUT2D eigenvalue weighted by molar-refractivity contribution is 6.23. The maximum atomic E-state index is 13.9. The quantitative estimate of drug-likeness (QED) is 0.255. The van der Waals surface area contributed by atoms with Gasteiger partial charge in [-0.05, 0) is 84.2 Å². The molecule has 6 rings (SSSR count). The van der Waals surface area contributed by atoms with E-state index >= 15 is 0 Å². The highest BCUT2D eigenvalue weighted by atomic mass is 16.4. The van der Waals surface area contributed by atoms with Gasteiger partial charge in [-0.2, -0.15) is 0 Å². The topological polar surface area (TPSA) is 70.7 Å². The number of carbonyl (C=O) groups excluding carboxylic acids is 2. The van der Waals surface area contributed by atoms with Crippen molar-refractivity contribution in [2.75, 3.05) is 23.9 Å². The SMILES string of the molecule is CO[B]NC1CCCC12CCN(C(=O)c1ccc(NC(=O)c3ccccc3-c3ccccc3)cc1)c1ccccc1C2. The van der Waals surface area contributed by atoms with E-state index in [4.69, 9.17) is 4.65 Å². The first-order valence-electron chi connectivity index (χ1n) is 14.6. The third-order valence-corrected chi connectivity index (χ3v) is 8.84. The minimum atomic E-state index is -0.189. The van der Waals surface area contributed by atoms with Crippen molar-refractivity contribution in [2.45, 2.75) is 38.1 Å². The molecule has 4 aromatic rings. The van der Waals surface area contributed by atoms with Gasteiger partial charge in [0.05, 0.1) is 0 Å². The lowest BCUT2D eigenvalue weighted by Crippen LogP contribution is -2.45. The monoisotopic (exact) mass is 556 g/mol. The predicted molar refractivity (Wildman–Crippen MR) is 169 cm³/mol. The van der Waals surface area contributed by atoms with Gasteiger partial charge in [0, 0.05) is 42.2 Å². The number of nitrogens with zero attached hydrogens (tertiary/aromatic N) is 1. The number of anilines is 2. The average molecular weight is 556 g/mol. The van der Waals surface area contributed by atoms with Gasteiger partial charge in [-0.25, -0.2) is 0 Å². The molecule has 1 spiro atoms. The number of amides is 2. The van der Waals surface area contributed by atoms with E-state index in [2.05, 4.69) is 28.7 Å². The second kappa shape index (κ2) is 12.4. The molecular weight excluding hydrogens is 521 g/mol. The summed E-state index contributed by atoms with van der Waals surface area (Å²) in [6.45, 7) is 0.649. The van der Waals surface area contributed by atoms with Crippen LogP contribution in [0.5, 0.6) is 0 Å². The Hall–Kier alpha value is -4.20. The second-order valence-electron chi connectivity index (χ2n) is 11.3. The summed E-state index contributed by atoms with van der Waals surface area (Å²) in [5, 5.41) is 6.50. The summed E-state index contributed by atoms with van der Waals surface area (Å²) < 4.78 is 5.21. The Morgan fingerprint density at radius 1 is 0.881 bits per heavy atom. The molecule has 2 atom stereocenters. The van der Waals surface area contributed by atoms with Crippen LogP contribution in [-0.4, -0.2) is 39.1 Å². The zero-order valence-electron chi connectivity index (χ0n) is 23.9. The molecule has 1 fully saturated rings. The molecule has 6 nitrogen and oxygen atoms in total. The smallest absolute Gasteiger partial charge is 0.395 e. The third kappa shape index (κ3) is 5.63. The minimum absolute atomic E-state index is 0.0299. The van der Waals surface area contributed by atoms with Crippen molar-refractivity contribution in [1.82, 2.24) is 5.23 Å². The number of carbonyl (C=O) groups is 2. The Kier molecular flexibility index (Phi) is 8.22. The maximum absolute atomic E-state index is 13.9.